The van der Waals surface area contributed by atoms with Crippen molar-refractivity contribution in [3.8, 4) is 11.5 Å². The maximum Gasteiger partial charge on any atom is 0.163 e. The van der Waals surface area contributed by atoms with Gasteiger partial charge in [-0.05, 0) is 43.5 Å². The van der Waals surface area contributed by atoms with Crippen molar-refractivity contribution in [1.82, 2.24) is 0 Å². The molecule has 2 aromatic rings. The average Bonchev–Trinajstić information content (AvgIpc) is 2.65. The van der Waals surface area contributed by atoms with E-state index in [1.165, 1.54) is 0 Å². The molecule has 0 spiro atoms. The Labute approximate surface area is 147 Å². The van der Waals surface area contributed by atoms with E-state index in [1.54, 1.807) is 24.3 Å². The van der Waals surface area contributed by atoms with Crippen LogP contribution in [0.5, 0.6) is 11.5 Å². The van der Waals surface area contributed by atoms with Crippen LogP contribution in [0.1, 0.15) is 52.8 Å². The van der Waals surface area contributed by atoms with Gasteiger partial charge >= 0.3 is 0 Å². The van der Waals surface area contributed by atoms with Gasteiger partial charge in [0, 0.05) is 24.0 Å². The molecule has 1 heterocycles. The van der Waals surface area contributed by atoms with Gasteiger partial charge in [0.25, 0.3) is 0 Å². The molecule has 4 heteroatoms. The molecule has 0 fully saturated rings. The van der Waals surface area contributed by atoms with Crippen molar-refractivity contribution in [3.63, 3.8) is 0 Å². The fourth-order valence-corrected chi connectivity index (χ4v) is 2.80. The molecular formula is C21H22O4. The third kappa shape index (κ3) is 4.92. The summed E-state index contributed by atoms with van der Waals surface area (Å²) in [5.74, 6) is 1.31. The van der Waals surface area contributed by atoms with Crippen LogP contribution in [0.25, 0.3) is 0 Å². The predicted octanol–water partition coefficient (Wildman–Crippen LogP) is 4.47. The van der Waals surface area contributed by atoms with E-state index in [0.29, 0.717) is 35.8 Å². The Morgan fingerprint density at radius 2 is 1.12 bits per heavy atom. The molecule has 0 radical (unpaired) electrons. The molecule has 0 amide bonds. The predicted molar refractivity (Wildman–Crippen MR) is 95.6 cm³/mol. The van der Waals surface area contributed by atoms with Gasteiger partial charge in [-0.1, -0.05) is 24.3 Å². The van der Waals surface area contributed by atoms with Gasteiger partial charge in [0.15, 0.2) is 11.6 Å². The minimum absolute atomic E-state index is 0.0458. The van der Waals surface area contributed by atoms with Gasteiger partial charge in [0.2, 0.25) is 0 Å². The van der Waals surface area contributed by atoms with Crippen molar-refractivity contribution < 1.29 is 19.1 Å². The second-order valence-electron chi connectivity index (χ2n) is 6.16. The fraction of sp³-hybridized carbons (Fsp3) is 0.333. The highest BCUT2D eigenvalue weighted by atomic mass is 16.5. The second-order valence-corrected chi connectivity index (χ2v) is 6.16. The maximum atomic E-state index is 12.4. The first-order valence-electron chi connectivity index (χ1n) is 8.74. The van der Waals surface area contributed by atoms with Gasteiger partial charge in [-0.3, -0.25) is 9.59 Å². The zero-order chi connectivity index (χ0) is 17.5. The largest absolute Gasteiger partial charge is 0.494 e. The van der Waals surface area contributed by atoms with Crippen LogP contribution in [0, 0.1) is 0 Å². The topological polar surface area (TPSA) is 52.6 Å². The number of carbonyl (C=O) groups is 2. The van der Waals surface area contributed by atoms with E-state index in [2.05, 4.69) is 0 Å². The smallest absolute Gasteiger partial charge is 0.163 e. The number of hydrogen-bond acceptors (Lipinski definition) is 4. The Morgan fingerprint density at radius 3 is 1.60 bits per heavy atom. The summed E-state index contributed by atoms with van der Waals surface area (Å²) in [6.45, 7) is 1.23. The summed E-state index contributed by atoms with van der Waals surface area (Å²) in [7, 11) is 0. The quantitative estimate of drug-likeness (QED) is 0.711. The first-order chi connectivity index (χ1) is 12.2. The molecule has 25 heavy (non-hydrogen) atoms. The summed E-state index contributed by atoms with van der Waals surface area (Å²) in [6, 6.07) is 14.4. The van der Waals surface area contributed by atoms with Crippen LogP contribution in [0.4, 0.5) is 0 Å². The first kappa shape index (κ1) is 17.2. The summed E-state index contributed by atoms with van der Waals surface area (Å²) in [5.41, 5.74) is 1.18. The molecule has 0 N–H and O–H groups in total. The van der Waals surface area contributed by atoms with Gasteiger partial charge in [-0.15, -0.1) is 0 Å². The summed E-state index contributed by atoms with van der Waals surface area (Å²) in [6.07, 6.45) is 3.23. The SMILES string of the molecule is O=C1CCC(=O)c2cccc(c2)OCCCCCOc2cccc1c2. The van der Waals surface area contributed by atoms with Crippen molar-refractivity contribution in [1.29, 1.82) is 0 Å². The molecule has 0 unspecified atom stereocenters. The van der Waals surface area contributed by atoms with E-state index in [1.807, 2.05) is 24.3 Å². The van der Waals surface area contributed by atoms with Gasteiger partial charge in [0.1, 0.15) is 11.5 Å². The number of ketones is 2. The van der Waals surface area contributed by atoms with E-state index < -0.39 is 0 Å². The minimum atomic E-state index is -0.0458. The van der Waals surface area contributed by atoms with Crippen molar-refractivity contribution in [3.05, 3.63) is 59.7 Å². The summed E-state index contributed by atoms with van der Waals surface area (Å²) in [4.78, 5) is 24.7. The molecule has 0 saturated heterocycles. The van der Waals surface area contributed by atoms with E-state index >= 15 is 0 Å². The third-order valence-corrected chi connectivity index (χ3v) is 4.22. The Hall–Kier alpha value is -2.62. The highest BCUT2D eigenvalue weighted by Gasteiger charge is 2.13. The lowest BCUT2D eigenvalue weighted by molar-refractivity contribution is 0.0917. The fourth-order valence-electron chi connectivity index (χ4n) is 2.80. The second kappa shape index (κ2) is 8.47. The maximum absolute atomic E-state index is 12.4. The highest BCUT2D eigenvalue weighted by Crippen LogP contribution is 2.19. The Kier molecular flexibility index (Phi) is 5.83. The van der Waals surface area contributed by atoms with Crippen molar-refractivity contribution in [2.24, 2.45) is 0 Å². The number of rotatable bonds is 0. The van der Waals surface area contributed by atoms with Crippen molar-refractivity contribution >= 4 is 11.6 Å². The van der Waals surface area contributed by atoms with Crippen LogP contribution in [0.2, 0.25) is 0 Å². The van der Waals surface area contributed by atoms with E-state index in [-0.39, 0.29) is 24.4 Å². The van der Waals surface area contributed by atoms with Crippen LogP contribution in [0.3, 0.4) is 0 Å². The van der Waals surface area contributed by atoms with E-state index in [0.717, 1.165) is 19.3 Å². The molecule has 1 aliphatic heterocycles. The molecule has 0 atom stereocenters. The number of Topliss-reactive ketones (excluding diaryl/α,β-unsaturated/α-hetero) is 2. The summed E-state index contributed by atoms with van der Waals surface area (Å²) >= 11 is 0. The van der Waals surface area contributed by atoms with Gasteiger partial charge < -0.3 is 9.47 Å². The molecule has 0 aromatic heterocycles. The molecule has 4 bridgehead atoms. The number of ether oxygens (including phenoxy) is 2. The van der Waals surface area contributed by atoms with Crippen molar-refractivity contribution in [2.45, 2.75) is 32.1 Å². The minimum Gasteiger partial charge on any atom is -0.494 e. The molecule has 3 rings (SSSR count). The van der Waals surface area contributed by atoms with Gasteiger partial charge in [-0.2, -0.15) is 0 Å². The lowest BCUT2D eigenvalue weighted by Crippen LogP contribution is -2.06. The van der Waals surface area contributed by atoms with Crippen LogP contribution in [-0.2, 0) is 0 Å². The molecule has 0 saturated carbocycles. The van der Waals surface area contributed by atoms with E-state index in [9.17, 15) is 9.59 Å². The zero-order valence-electron chi connectivity index (χ0n) is 14.2. The first-order valence-corrected chi connectivity index (χ1v) is 8.74. The number of fused-ring (bicyclic) bond motifs is 4. The Balaban J connectivity index is 1.77. The van der Waals surface area contributed by atoms with Crippen LogP contribution in [0.15, 0.2) is 48.5 Å². The lowest BCUT2D eigenvalue weighted by atomic mass is 10.0. The zero-order valence-corrected chi connectivity index (χ0v) is 14.2. The molecule has 4 nitrogen and oxygen atoms in total. The Morgan fingerprint density at radius 1 is 0.640 bits per heavy atom. The lowest BCUT2D eigenvalue weighted by Gasteiger charge is -2.08. The number of hydrogen-bond donors (Lipinski definition) is 0. The van der Waals surface area contributed by atoms with Crippen molar-refractivity contribution in [2.75, 3.05) is 13.2 Å². The molecule has 2 aromatic carbocycles. The van der Waals surface area contributed by atoms with Gasteiger partial charge in [0.05, 0.1) is 13.2 Å². The monoisotopic (exact) mass is 338 g/mol. The highest BCUT2D eigenvalue weighted by molar-refractivity contribution is 6.02. The number of benzene rings is 2. The van der Waals surface area contributed by atoms with E-state index in [4.69, 9.17) is 9.47 Å². The summed E-state index contributed by atoms with van der Waals surface area (Å²) < 4.78 is 11.4. The molecule has 130 valence electrons. The normalized spacial score (nSPS) is 16.5. The summed E-state index contributed by atoms with van der Waals surface area (Å²) in [5, 5.41) is 0. The van der Waals surface area contributed by atoms with Crippen LogP contribution in [-0.4, -0.2) is 24.8 Å². The van der Waals surface area contributed by atoms with Crippen LogP contribution < -0.4 is 9.47 Å². The standard InChI is InChI=1S/C21H22O4/c22-20-10-11-21(23)17-7-5-9-19(15-17)25-13-3-1-2-12-24-18-8-4-6-16(20)14-18/h4-9,14-15H,1-3,10-13H2. The Bertz CT molecular complexity index is 688. The average molecular weight is 338 g/mol. The third-order valence-electron chi connectivity index (χ3n) is 4.22. The van der Waals surface area contributed by atoms with Crippen LogP contribution >= 0.6 is 0 Å². The molecule has 0 aliphatic carbocycles. The van der Waals surface area contributed by atoms with Gasteiger partial charge in [-0.25, -0.2) is 0 Å². The number of carbonyl (C=O) groups excluding carboxylic acids is 2. The molecular weight excluding hydrogens is 316 g/mol. The molecule has 1 aliphatic rings.